The van der Waals surface area contributed by atoms with Gasteiger partial charge in [-0.15, -0.1) is 11.3 Å². The Labute approximate surface area is 206 Å². The molecule has 3 aromatic heterocycles. The van der Waals surface area contributed by atoms with E-state index >= 15 is 0 Å². The van der Waals surface area contributed by atoms with Crippen molar-refractivity contribution in [3.63, 3.8) is 0 Å². The van der Waals surface area contributed by atoms with E-state index < -0.39 is 0 Å². The Morgan fingerprint density at radius 2 is 1.89 bits per heavy atom. The summed E-state index contributed by atoms with van der Waals surface area (Å²) >= 11 is 1.52. The molecule has 0 radical (unpaired) electrons. The number of aromatic amines is 1. The van der Waals surface area contributed by atoms with Crippen LogP contribution >= 0.6 is 11.3 Å². The van der Waals surface area contributed by atoms with Gasteiger partial charge in [-0.1, -0.05) is 13.0 Å². The maximum absolute atomic E-state index is 13.2. The van der Waals surface area contributed by atoms with Crippen molar-refractivity contribution in [1.29, 1.82) is 0 Å². The molecule has 0 fully saturated rings. The highest BCUT2D eigenvalue weighted by atomic mass is 32.1. The number of ether oxygens (including phenoxy) is 2. The van der Waals surface area contributed by atoms with Crippen LogP contribution in [-0.2, 0) is 6.42 Å². The Kier molecular flexibility index (Phi) is 7.31. The molecule has 0 spiro atoms. The van der Waals surface area contributed by atoms with Crippen molar-refractivity contribution in [2.75, 3.05) is 18.5 Å². The van der Waals surface area contributed by atoms with Gasteiger partial charge in [0.05, 0.1) is 18.1 Å². The minimum Gasteiger partial charge on any atom is -0.490 e. The number of hydrogen-bond acceptors (Lipinski definition) is 7. The molecule has 35 heavy (non-hydrogen) atoms. The van der Waals surface area contributed by atoms with Gasteiger partial charge in [-0.25, -0.2) is 4.98 Å². The number of thiophene rings is 1. The zero-order valence-corrected chi connectivity index (χ0v) is 20.9. The number of amides is 1. The second-order valence-corrected chi connectivity index (χ2v) is 8.54. The zero-order chi connectivity index (χ0) is 24.9. The van der Waals surface area contributed by atoms with Crippen LogP contribution in [-0.4, -0.2) is 38.9 Å². The topological polar surface area (TPSA) is 111 Å². The minimum atomic E-state index is -0.364. The summed E-state index contributed by atoms with van der Waals surface area (Å²) in [4.78, 5) is 34.1. The monoisotopic (exact) mass is 493 g/mol. The van der Waals surface area contributed by atoms with Crippen molar-refractivity contribution < 1.29 is 14.3 Å². The molecular weight excluding hydrogens is 466 g/mol. The van der Waals surface area contributed by atoms with Crippen LogP contribution in [0.1, 0.15) is 42.4 Å². The molecule has 0 aliphatic heterocycles. The van der Waals surface area contributed by atoms with Crippen LogP contribution in [0.5, 0.6) is 11.5 Å². The third kappa shape index (κ3) is 5.12. The van der Waals surface area contributed by atoms with Gasteiger partial charge in [0.15, 0.2) is 11.5 Å². The number of carbonyl (C=O) groups excluding carboxylic acids is 1. The SMILES string of the molecule is CCOc1ccc(C(=O)Nc2cc(-c3cccs3)nn2-c2nc(C)c(CC)c(=O)[nH]2)cc1OCC. The van der Waals surface area contributed by atoms with Gasteiger partial charge in [-0.3, -0.25) is 14.6 Å². The number of carbonyl (C=O) groups is 1. The van der Waals surface area contributed by atoms with E-state index in [0.717, 1.165) is 4.88 Å². The summed E-state index contributed by atoms with van der Waals surface area (Å²) in [7, 11) is 0. The number of hydrogen-bond donors (Lipinski definition) is 2. The van der Waals surface area contributed by atoms with Crippen molar-refractivity contribution in [2.45, 2.75) is 34.1 Å². The van der Waals surface area contributed by atoms with Gasteiger partial charge in [0.25, 0.3) is 11.5 Å². The van der Waals surface area contributed by atoms with Crippen molar-refractivity contribution in [3.8, 4) is 28.0 Å². The van der Waals surface area contributed by atoms with Gasteiger partial charge in [0, 0.05) is 22.9 Å². The number of rotatable bonds is 9. The smallest absolute Gasteiger partial charge is 0.256 e. The molecule has 3 heterocycles. The highest BCUT2D eigenvalue weighted by Gasteiger charge is 2.19. The van der Waals surface area contributed by atoms with Gasteiger partial charge in [-0.2, -0.15) is 9.78 Å². The van der Waals surface area contributed by atoms with Crippen molar-refractivity contribution >= 4 is 23.1 Å². The molecule has 0 saturated carbocycles. The van der Waals surface area contributed by atoms with E-state index in [9.17, 15) is 9.59 Å². The molecule has 0 atom stereocenters. The van der Waals surface area contributed by atoms with Crippen LogP contribution in [0.25, 0.3) is 16.5 Å². The molecule has 182 valence electrons. The third-order valence-electron chi connectivity index (χ3n) is 5.29. The fraction of sp³-hybridized carbons (Fsp3) is 0.280. The molecular formula is C25H27N5O4S. The molecule has 4 rings (SSSR count). The standard InChI is InChI=1S/C25H27N5O4S/c1-5-17-15(4)26-25(28-24(17)32)30-22(14-18(29-30)21-9-8-12-35-21)27-23(31)16-10-11-19(33-6-2)20(13-16)34-7-3/h8-14H,5-7H2,1-4H3,(H,27,31)(H,26,28,32). The Balaban J connectivity index is 1.74. The fourth-order valence-corrected chi connectivity index (χ4v) is 4.35. The number of aryl methyl sites for hydroxylation is 1. The first kappa shape index (κ1) is 24.2. The summed E-state index contributed by atoms with van der Waals surface area (Å²) in [5, 5.41) is 9.48. The van der Waals surface area contributed by atoms with Crippen LogP contribution in [0.15, 0.2) is 46.6 Å². The molecule has 4 aromatic rings. The highest BCUT2D eigenvalue weighted by molar-refractivity contribution is 7.13. The number of anilines is 1. The van der Waals surface area contributed by atoms with E-state index in [2.05, 4.69) is 20.4 Å². The fourth-order valence-electron chi connectivity index (χ4n) is 3.67. The van der Waals surface area contributed by atoms with E-state index in [4.69, 9.17) is 9.47 Å². The minimum absolute atomic E-state index is 0.226. The molecule has 9 nitrogen and oxygen atoms in total. The molecule has 0 unspecified atom stereocenters. The van der Waals surface area contributed by atoms with Gasteiger partial charge in [0.2, 0.25) is 5.95 Å². The summed E-state index contributed by atoms with van der Waals surface area (Å²) in [6.07, 6.45) is 0.567. The Morgan fingerprint density at radius 1 is 1.11 bits per heavy atom. The van der Waals surface area contributed by atoms with Crippen LogP contribution in [0.2, 0.25) is 0 Å². The number of nitrogens with zero attached hydrogens (tertiary/aromatic N) is 3. The summed E-state index contributed by atoms with van der Waals surface area (Å²) in [5.74, 6) is 1.30. The predicted octanol–water partition coefficient (Wildman–Crippen LogP) is 4.60. The Hall–Kier alpha value is -3.92. The van der Waals surface area contributed by atoms with Gasteiger partial charge in [-0.05, 0) is 56.8 Å². The molecule has 1 amide bonds. The van der Waals surface area contributed by atoms with Crippen molar-refractivity contribution in [2.24, 2.45) is 0 Å². The first-order chi connectivity index (χ1) is 16.9. The normalized spacial score (nSPS) is 10.9. The quantitative estimate of drug-likeness (QED) is 0.352. The van der Waals surface area contributed by atoms with Crippen LogP contribution in [0.3, 0.4) is 0 Å². The second kappa shape index (κ2) is 10.6. The molecule has 0 bridgehead atoms. The van der Waals surface area contributed by atoms with Gasteiger partial charge >= 0.3 is 0 Å². The first-order valence-electron chi connectivity index (χ1n) is 11.4. The molecule has 2 N–H and O–H groups in total. The third-order valence-corrected chi connectivity index (χ3v) is 6.19. The lowest BCUT2D eigenvalue weighted by Crippen LogP contribution is -2.22. The highest BCUT2D eigenvalue weighted by Crippen LogP contribution is 2.30. The van der Waals surface area contributed by atoms with Crippen LogP contribution in [0, 0.1) is 6.92 Å². The zero-order valence-electron chi connectivity index (χ0n) is 20.0. The Bertz CT molecular complexity index is 1390. The lowest BCUT2D eigenvalue weighted by Gasteiger charge is -2.13. The van der Waals surface area contributed by atoms with E-state index in [1.807, 2.05) is 38.3 Å². The summed E-state index contributed by atoms with van der Waals surface area (Å²) in [6, 6.07) is 10.6. The van der Waals surface area contributed by atoms with Crippen molar-refractivity contribution in [3.05, 3.63) is 69.0 Å². The number of H-pyrrole nitrogens is 1. The number of nitrogens with one attached hydrogen (secondary N) is 2. The average molecular weight is 494 g/mol. The first-order valence-corrected chi connectivity index (χ1v) is 12.3. The second-order valence-electron chi connectivity index (χ2n) is 7.59. The molecule has 0 saturated heterocycles. The molecule has 10 heteroatoms. The van der Waals surface area contributed by atoms with Crippen LogP contribution < -0.4 is 20.3 Å². The van der Waals surface area contributed by atoms with Gasteiger partial charge in [0.1, 0.15) is 11.5 Å². The maximum Gasteiger partial charge on any atom is 0.256 e. The summed E-state index contributed by atoms with van der Waals surface area (Å²) in [5.41, 5.74) is 2.04. The van der Waals surface area contributed by atoms with E-state index in [0.29, 0.717) is 59.5 Å². The lowest BCUT2D eigenvalue weighted by molar-refractivity contribution is 0.102. The summed E-state index contributed by atoms with van der Waals surface area (Å²) in [6.45, 7) is 8.36. The number of benzene rings is 1. The maximum atomic E-state index is 13.2. The van der Waals surface area contributed by atoms with Crippen LogP contribution in [0.4, 0.5) is 5.82 Å². The average Bonchev–Trinajstić information content (AvgIpc) is 3.50. The number of aromatic nitrogens is 4. The van der Waals surface area contributed by atoms with Gasteiger partial charge < -0.3 is 14.8 Å². The lowest BCUT2D eigenvalue weighted by atomic mass is 10.2. The van der Waals surface area contributed by atoms with Crippen molar-refractivity contribution in [1.82, 2.24) is 19.7 Å². The Morgan fingerprint density at radius 3 is 2.54 bits per heavy atom. The molecule has 1 aromatic carbocycles. The van der Waals surface area contributed by atoms with E-state index in [-0.39, 0.29) is 17.4 Å². The molecule has 0 aliphatic rings. The predicted molar refractivity (Wildman–Crippen MR) is 136 cm³/mol. The largest absolute Gasteiger partial charge is 0.490 e. The summed E-state index contributed by atoms with van der Waals surface area (Å²) < 4.78 is 12.7. The molecule has 0 aliphatic carbocycles. The van der Waals surface area contributed by atoms with E-state index in [1.54, 1.807) is 31.2 Å². The van der Waals surface area contributed by atoms with E-state index in [1.165, 1.54) is 16.0 Å².